The molecule has 0 radical (unpaired) electrons. The van der Waals surface area contributed by atoms with E-state index in [0.29, 0.717) is 5.75 Å². The van der Waals surface area contributed by atoms with E-state index in [9.17, 15) is 14.7 Å². The van der Waals surface area contributed by atoms with Gasteiger partial charge in [-0.1, -0.05) is 42.5 Å². The summed E-state index contributed by atoms with van der Waals surface area (Å²) in [5, 5.41) is 11.9. The van der Waals surface area contributed by atoms with Crippen LogP contribution in [0, 0.1) is 0 Å². The minimum atomic E-state index is -0.850. The van der Waals surface area contributed by atoms with Gasteiger partial charge in [-0.3, -0.25) is 9.59 Å². The van der Waals surface area contributed by atoms with E-state index >= 15 is 0 Å². The highest BCUT2D eigenvalue weighted by atomic mass is 32.2. The maximum Gasteiger partial charge on any atom is 0.240 e. The lowest BCUT2D eigenvalue weighted by molar-refractivity contribution is -0.127. The predicted molar refractivity (Wildman–Crippen MR) is 104 cm³/mol. The van der Waals surface area contributed by atoms with E-state index in [2.05, 4.69) is 5.32 Å². The molecule has 6 N–H and O–H groups in total. The molecule has 0 aliphatic carbocycles. The summed E-state index contributed by atoms with van der Waals surface area (Å²) < 4.78 is 0. The summed E-state index contributed by atoms with van der Waals surface area (Å²) in [6.07, 6.45) is 0.241. The van der Waals surface area contributed by atoms with Crippen LogP contribution in [0.1, 0.15) is 11.1 Å². The van der Waals surface area contributed by atoms with Gasteiger partial charge in [0.1, 0.15) is 11.8 Å². The first-order chi connectivity index (χ1) is 12.5. The van der Waals surface area contributed by atoms with Gasteiger partial charge in [0, 0.05) is 17.9 Å². The number of amides is 2. The molecule has 0 bridgehead atoms. The average Bonchev–Trinajstić information content (AvgIpc) is 2.63. The Morgan fingerprint density at radius 3 is 2.31 bits per heavy atom. The third-order valence-electron chi connectivity index (χ3n) is 3.78. The van der Waals surface area contributed by atoms with Crippen molar-refractivity contribution in [2.75, 3.05) is 5.75 Å². The Labute approximate surface area is 157 Å². The molecule has 0 saturated heterocycles. The van der Waals surface area contributed by atoms with Crippen molar-refractivity contribution in [3.8, 4) is 5.75 Å². The van der Waals surface area contributed by atoms with E-state index in [1.54, 1.807) is 23.9 Å². The van der Waals surface area contributed by atoms with Gasteiger partial charge in [0.2, 0.25) is 11.8 Å². The van der Waals surface area contributed by atoms with Crippen LogP contribution in [-0.2, 0) is 21.8 Å². The van der Waals surface area contributed by atoms with Crippen LogP contribution in [0.15, 0.2) is 54.6 Å². The molecule has 0 fully saturated rings. The van der Waals surface area contributed by atoms with E-state index in [-0.39, 0.29) is 12.2 Å². The predicted octanol–water partition coefficient (Wildman–Crippen LogP) is 1.17. The number of nitrogens with two attached hydrogens (primary N) is 2. The molecule has 2 amide bonds. The van der Waals surface area contributed by atoms with Gasteiger partial charge in [0.05, 0.1) is 6.04 Å². The smallest absolute Gasteiger partial charge is 0.240 e. The van der Waals surface area contributed by atoms with Gasteiger partial charge in [-0.05, 0) is 23.3 Å². The van der Waals surface area contributed by atoms with Crippen LogP contribution >= 0.6 is 11.8 Å². The Bertz CT molecular complexity index is 723. The van der Waals surface area contributed by atoms with Gasteiger partial charge in [-0.15, -0.1) is 0 Å². The monoisotopic (exact) mass is 373 g/mol. The van der Waals surface area contributed by atoms with E-state index in [1.807, 2.05) is 30.3 Å². The topological polar surface area (TPSA) is 118 Å². The summed E-state index contributed by atoms with van der Waals surface area (Å²) in [7, 11) is 0. The normalized spacial score (nSPS) is 13.0. The minimum Gasteiger partial charge on any atom is -0.508 e. The summed E-state index contributed by atoms with van der Waals surface area (Å²) >= 11 is 1.55. The van der Waals surface area contributed by atoms with Crippen LogP contribution in [0.4, 0.5) is 0 Å². The zero-order valence-electron chi connectivity index (χ0n) is 14.3. The molecule has 0 spiro atoms. The fraction of sp³-hybridized carbons (Fsp3) is 0.263. The molecule has 2 aromatic carbocycles. The molecule has 7 heteroatoms. The van der Waals surface area contributed by atoms with Crippen LogP contribution in [0.2, 0.25) is 0 Å². The van der Waals surface area contributed by atoms with Crippen molar-refractivity contribution in [2.45, 2.75) is 24.3 Å². The van der Waals surface area contributed by atoms with Gasteiger partial charge in [-0.25, -0.2) is 0 Å². The lowest BCUT2D eigenvalue weighted by Gasteiger charge is -2.18. The van der Waals surface area contributed by atoms with Crippen LogP contribution in [-0.4, -0.2) is 34.8 Å². The molecule has 0 unspecified atom stereocenters. The van der Waals surface area contributed by atoms with Crippen molar-refractivity contribution < 1.29 is 14.7 Å². The van der Waals surface area contributed by atoms with Crippen LogP contribution in [0.5, 0.6) is 5.75 Å². The van der Waals surface area contributed by atoms with E-state index in [4.69, 9.17) is 11.5 Å². The first-order valence-corrected chi connectivity index (χ1v) is 9.36. The standard InChI is InChI=1S/C19H23N3O3S/c20-16(12-26-11-14-4-2-1-3-5-14)19(25)22-17(18(21)24)10-13-6-8-15(23)9-7-13/h1-9,16-17,23H,10-12,20H2,(H2,21,24)(H,22,25)/t16-,17-/m0/s1. The van der Waals surface area contributed by atoms with E-state index < -0.39 is 23.9 Å². The van der Waals surface area contributed by atoms with Gasteiger partial charge in [-0.2, -0.15) is 11.8 Å². The number of primary amides is 1. The SMILES string of the molecule is NC(=O)[C@H](Cc1ccc(O)cc1)NC(=O)[C@@H](N)CSCc1ccccc1. The van der Waals surface area contributed by atoms with Crippen molar-refractivity contribution in [2.24, 2.45) is 11.5 Å². The van der Waals surface area contributed by atoms with Gasteiger partial charge < -0.3 is 21.9 Å². The molecule has 0 aromatic heterocycles. The molecule has 0 aliphatic heterocycles. The number of benzene rings is 2. The Morgan fingerprint density at radius 1 is 1.04 bits per heavy atom. The number of phenolic OH excluding ortho intramolecular Hbond substituents is 1. The zero-order valence-corrected chi connectivity index (χ0v) is 15.1. The van der Waals surface area contributed by atoms with Crippen molar-refractivity contribution >= 4 is 23.6 Å². The second-order valence-corrected chi connectivity index (χ2v) is 6.97. The second kappa shape index (κ2) is 9.84. The number of hydrogen-bond acceptors (Lipinski definition) is 5. The average molecular weight is 373 g/mol. The molecule has 2 aromatic rings. The first kappa shape index (κ1) is 19.8. The van der Waals surface area contributed by atoms with Gasteiger partial charge in [0.15, 0.2) is 0 Å². The summed E-state index contributed by atoms with van der Waals surface area (Å²) in [5.74, 6) is 0.287. The summed E-state index contributed by atoms with van der Waals surface area (Å²) in [5.41, 5.74) is 13.3. The summed E-state index contributed by atoms with van der Waals surface area (Å²) in [4.78, 5) is 23.9. The number of carbonyl (C=O) groups is 2. The summed E-state index contributed by atoms with van der Waals surface area (Å²) in [6.45, 7) is 0. The third kappa shape index (κ3) is 6.42. The van der Waals surface area contributed by atoms with Crippen LogP contribution < -0.4 is 16.8 Å². The maximum atomic E-state index is 12.2. The molecule has 26 heavy (non-hydrogen) atoms. The number of thioether (sulfide) groups is 1. The lowest BCUT2D eigenvalue weighted by Crippen LogP contribution is -2.52. The quantitative estimate of drug-likeness (QED) is 0.526. The Hall–Kier alpha value is -2.51. The molecule has 6 nitrogen and oxygen atoms in total. The number of aromatic hydroxyl groups is 1. The zero-order chi connectivity index (χ0) is 18.9. The highest BCUT2D eigenvalue weighted by molar-refractivity contribution is 7.98. The molecule has 0 heterocycles. The highest BCUT2D eigenvalue weighted by Gasteiger charge is 2.22. The van der Waals surface area contributed by atoms with Crippen molar-refractivity contribution in [1.29, 1.82) is 0 Å². The molecule has 0 aliphatic rings. The van der Waals surface area contributed by atoms with Crippen molar-refractivity contribution in [3.63, 3.8) is 0 Å². The first-order valence-electron chi connectivity index (χ1n) is 8.20. The third-order valence-corrected chi connectivity index (χ3v) is 4.91. The molecular weight excluding hydrogens is 350 g/mol. The van der Waals surface area contributed by atoms with Gasteiger partial charge >= 0.3 is 0 Å². The Morgan fingerprint density at radius 2 is 1.69 bits per heavy atom. The molecular formula is C19H23N3O3S. The van der Waals surface area contributed by atoms with E-state index in [0.717, 1.165) is 16.9 Å². The minimum absolute atomic E-state index is 0.130. The number of phenols is 1. The van der Waals surface area contributed by atoms with Gasteiger partial charge in [0.25, 0.3) is 0 Å². The second-order valence-electron chi connectivity index (χ2n) is 5.94. The number of hydrogen-bond donors (Lipinski definition) is 4. The fourth-order valence-electron chi connectivity index (χ4n) is 2.32. The summed E-state index contributed by atoms with van der Waals surface area (Å²) in [6, 6.07) is 14.7. The molecule has 2 rings (SSSR count). The maximum absolute atomic E-state index is 12.2. The van der Waals surface area contributed by atoms with E-state index in [1.165, 1.54) is 12.1 Å². The van der Waals surface area contributed by atoms with Crippen LogP contribution in [0.25, 0.3) is 0 Å². The number of carbonyl (C=O) groups excluding carboxylic acids is 2. The highest BCUT2D eigenvalue weighted by Crippen LogP contribution is 2.13. The number of rotatable bonds is 9. The Kier molecular flexibility index (Phi) is 7.50. The lowest BCUT2D eigenvalue weighted by atomic mass is 10.0. The van der Waals surface area contributed by atoms with Crippen molar-refractivity contribution in [1.82, 2.24) is 5.32 Å². The number of nitrogens with one attached hydrogen (secondary N) is 1. The Balaban J connectivity index is 1.83. The van der Waals surface area contributed by atoms with Crippen molar-refractivity contribution in [3.05, 3.63) is 65.7 Å². The molecule has 0 saturated carbocycles. The molecule has 2 atom stereocenters. The fourth-order valence-corrected chi connectivity index (χ4v) is 3.27. The molecule has 138 valence electrons. The largest absolute Gasteiger partial charge is 0.508 e. The van der Waals surface area contributed by atoms with Crippen LogP contribution in [0.3, 0.4) is 0 Å².